The zero-order valence-corrected chi connectivity index (χ0v) is 12.0. The Morgan fingerprint density at radius 2 is 2.05 bits per heavy atom. The number of benzene rings is 1. The van der Waals surface area contributed by atoms with Crippen molar-refractivity contribution >= 4 is 17.6 Å². The topological polar surface area (TPSA) is 81.7 Å². The highest BCUT2D eigenvalue weighted by molar-refractivity contribution is 5.93. The summed E-state index contributed by atoms with van der Waals surface area (Å²) in [6, 6.07) is 7.02. The van der Waals surface area contributed by atoms with E-state index >= 15 is 0 Å². The molecular formula is C15H21N3O3. The largest absolute Gasteiger partial charge is 0.481 e. The Kier molecular flexibility index (Phi) is 5.71. The minimum Gasteiger partial charge on any atom is -0.481 e. The molecule has 1 saturated heterocycles. The van der Waals surface area contributed by atoms with Crippen LogP contribution in [0.5, 0.6) is 0 Å². The van der Waals surface area contributed by atoms with Crippen LogP contribution in [0.2, 0.25) is 0 Å². The van der Waals surface area contributed by atoms with Crippen LogP contribution >= 0.6 is 0 Å². The van der Waals surface area contributed by atoms with E-state index in [1.54, 1.807) is 24.3 Å². The van der Waals surface area contributed by atoms with Gasteiger partial charge in [0, 0.05) is 18.8 Å². The van der Waals surface area contributed by atoms with Crippen molar-refractivity contribution in [3.63, 3.8) is 0 Å². The third-order valence-electron chi connectivity index (χ3n) is 3.43. The van der Waals surface area contributed by atoms with Crippen molar-refractivity contribution in [1.29, 1.82) is 0 Å². The Morgan fingerprint density at radius 1 is 1.24 bits per heavy atom. The summed E-state index contributed by atoms with van der Waals surface area (Å²) in [4.78, 5) is 25.1. The Hall–Kier alpha value is -1.92. The molecule has 0 radical (unpaired) electrons. The summed E-state index contributed by atoms with van der Waals surface area (Å²) in [5.74, 6) is -1.01. The number of amides is 1. The summed E-state index contributed by atoms with van der Waals surface area (Å²) in [5, 5.41) is 15.0. The molecule has 0 aliphatic carbocycles. The van der Waals surface area contributed by atoms with Crippen LogP contribution in [0.3, 0.4) is 0 Å². The van der Waals surface area contributed by atoms with Crippen LogP contribution in [0.25, 0.3) is 0 Å². The highest BCUT2D eigenvalue weighted by Gasteiger charge is 2.14. The molecule has 0 bridgehead atoms. The molecular weight excluding hydrogens is 270 g/mol. The first-order chi connectivity index (χ1) is 10.1. The SMILES string of the molecule is O=C(O)Cc1ccccc1NC(=O)CN1CCCNCC1. The lowest BCUT2D eigenvalue weighted by Crippen LogP contribution is -2.35. The fourth-order valence-corrected chi connectivity index (χ4v) is 2.41. The van der Waals surface area contributed by atoms with Gasteiger partial charge in [-0.15, -0.1) is 0 Å². The van der Waals surface area contributed by atoms with Crippen LogP contribution in [-0.4, -0.2) is 54.6 Å². The van der Waals surface area contributed by atoms with Crippen molar-refractivity contribution in [2.24, 2.45) is 0 Å². The molecule has 1 aliphatic rings. The van der Waals surface area contributed by atoms with Crippen LogP contribution in [0.4, 0.5) is 5.69 Å². The van der Waals surface area contributed by atoms with Gasteiger partial charge in [-0.25, -0.2) is 0 Å². The van der Waals surface area contributed by atoms with E-state index in [1.165, 1.54) is 0 Å². The lowest BCUT2D eigenvalue weighted by molar-refractivity contribution is -0.136. The van der Waals surface area contributed by atoms with Crippen LogP contribution < -0.4 is 10.6 Å². The number of carbonyl (C=O) groups excluding carboxylic acids is 1. The van der Waals surface area contributed by atoms with E-state index in [1.807, 2.05) is 0 Å². The van der Waals surface area contributed by atoms with E-state index < -0.39 is 5.97 Å². The molecule has 0 aromatic heterocycles. The predicted octanol–water partition coefficient (Wildman–Crippen LogP) is 0.547. The number of hydrogen-bond donors (Lipinski definition) is 3. The Balaban J connectivity index is 1.94. The molecule has 114 valence electrons. The zero-order valence-electron chi connectivity index (χ0n) is 12.0. The lowest BCUT2D eigenvalue weighted by atomic mass is 10.1. The van der Waals surface area contributed by atoms with Gasteiger partial charge in [-0.2, -0.15) is 0 Å². The zero-order chi connectivity index (χ0) is 15.1. The number of hydrogen-bond acceptors (Lipinski definition) is 4. The van der Waals surface area contributed by atoms with E-state index in [0.717, 1.165) is 32.6 Å². The van der Waals surface area contributed by atoms with Gasteiger partial charge in [0.2, 0.25) is 5.91 Å². The first-order valence-electron chi connectivity index (χ1n) is 7.18. The number of nitrogens with one attached hydrogen (secondary N) is 2. The highest BCUT2D eigenvalue weighted by Crippen LogP contribution is 2.15. The smallest absolute Gasteiger partial charge is 0.307 e. The second-order valence-electron chi connectivity index (χ2n) is 5.16. The summed E-state index contributed by atoms with van der Waals surface area (Å²) < 4.78 is 0. The Labute approximate surface area is 124 Å². The molecule has 0 unspecified atom stereocenters. The van der Waals surface area contributed by atoms with Crippen molar-refractivity contribution < 1.29 is 14.7 Å². The molecule has 21 heavy (non-hydrogen) atoms. The number of carbonyl (C=O) groups is 2. The number of aliphatic carboxylic acids is 1. The third-order valence-corrected chi connectivity index (χ3v) is 3.43. The molecule has 2 rings (SSSR count). The number of carboxylic acid groups (broad SMARTS) is 1. The van der Waals surface area contributed by atoms with Gasteiger partial charge in [-0.05, 0) is 31.1 Å². The maximum Gasteiger partial charge on any atom is 0.307 e. The maximum absolute atomic E-state index is 12.1. The van der Waals surface area contributed by atoms with E-state index in [0.29, 0.717) is 17.8 Å². The summed E-state index contributed by atoms with van der Waals surface area (Å²) in [5.41, 5.74) is 1.20. The molecule has 1 heterocycles. The summed E-state index contributed by atoms with van der Waals surface area (Å²) in [7, 11) is 0. The summed E-state index contributed by atoms with van der Waals surface area (Å²) in [6.45, 7) is 3.97. The van der Waals surface area contributed by atoms with E-state index in [4.69, 9.17) is 5.11 Å². The number of nitrogens with zero attached hydrogens (tertiary/aromatic N) is 1. The third kappa shape index (κ3) is 5.17. The second kappa shape index (κ2) is 7.75. The van der Waals surface area contributed by atoms with Crippen LogP contribution in [0.1, 0.15) is 12.0 Å². The number of carboxylic acids is 1. The number of anilines is 1. The van der Waals surface area contributed by atoms with Gasteiger partial charge in [-0.1, -0.05) is 18.2 Å². The van der Waals surface area contributed by atoms with Crippen molar-refractivity contribution in [1.82, 2.24) is 10.2 Å². The average Bonchev–Trinajstić information content (AvgIpc) is 2.69. The van der Waals surface area contributed by atoms with Gasteiger partial charge in [0.05, 0.1) is 13.0 Å². The molecule has 1 fully saturated rings. The number of para-hydroxylation sites is 1. The maximum atomic E-state index is 12.1. The average molecular weight is 291 g/mol. The van der Waals surface area contributed by atoms with Gasteiger partial charge in [0.1, 0.15) is 0 Å². The summed E-state index contributed by atoms with van der Waals surface area (Å²) >= 11 is 0. The minimum atomic E-state index is -0.907. The molecule has 1 amide bonds. The Bertz CT molecular complexity index is 497. The molecule has 0 spiro atoms. The molecule has 3 N–H and O–H groups in total. The fraction of sp³-hybridized carbons (Fsp3) is 0.467. The monoisotopic (exact) mass is 291 g/mol. The van der Waals surface area contributed by atoms with Gasteiger partial charge in [0.25, 0.3) is 0 Å². The summed E-state index contributed by atoms with van der Waals surface area (Å²) in [6.07, 6.45) is 0.937. The van der Waals surface area contributed by atoms with Gasteiger partial charge in [0.15, 0.2) is 0 Å². The first-order valence-corrected chi connectivity index (χ1v) is 7.18. The van der Waals surface area contributed by atoms with Gasteiger partial charge < -0.3 is 15.7 Å². The van der Waals surface area contributed by atoms with Gasteiger partial charge in [-0.3, -0.25) is 14.5 Å². The van der Waals surface area contributed by atoms with E-state index in [-0.39, 0.29) is 12.3 Å². The van der Waals surface area contributed by atoms with Crippen molar-refractivity contribution in [2.75, 3.05) is 38.0 Å². The molecule has 6 nitrogen and oxygen atoms in total. The normalized spacial score (nSPS) is 16.2. The standard InChI is InChI=1S/C15H21N3O3/c19-14(11-18-8-3-6-16-7-9-18)17-13-5-2-1-4-12(13)10-15(20)21/h1-2,4-5,16H,3,6-11H2,(H,17,19)(H,20,21). The highest BCUT2D eigenvalue weighted by atomic mass is 16.4. The van der Waals surface area contributed by atoms with E-state index in [2.05, 4.69) is 15.5 Å². The van der Waals surface area contributed by atoms with Crippen LogP contribution in [0.15, 0.2) is 24.3 Å². The molecule has 6 heteroatoms. The molecule has 0 saturated carbocycles. The molecule has 1 aromatic rings. The van der Waals surface area contributed by atoms with Crippen molar-refractivity contribution in [3.05, 3.63) is 29.8 Å². The van der Waals surface area contributed by atoms with Gasteiger partial charge >= 0.3 is 5.97 Å². The lowest BCUT2D eigenvalue weighted by Gasteiger charge is -2.19. The quantitative estimate of drug-likeness (QED) is 0.738. The molecule has 1 aromatic carbocycles. The number of rotatable bonds is 5. The predicted molar refractivity (Wildman–Crippen MR) is 80.3 cm³/mol. The van der Waals surface area contributed by atoms with Crippen LogP contribution in [0, 0.1) is 0 Å². The molecule has 1 aliphatic heterocycles. The Morgan fingerprint density at radius 3 is 2.86 bits per heavy atom. The first kappa shape index (κ1) is 15.5. The fourth-order valence-electron chi connectivity index (χ4n) is 2.41. The van der Waals surface area contributed by atoms with Crippen LogP contribution in [-0.2, 0) is 16.0 Å². The van der Waals surface area contributed by atoms with Crippen molar-refractivity contribution in [3.8, 4) is 0 Å². The second-order valence-corrected chi connectivity index (χ2v) is 5.16. The minimum absolute atomic E-state index is 0.0932. The molecule has 0 atom stereocenters. The van der Waals surface area contributed by atoms with E-state index in [9.17, 15) is 9.59 Å². The van der Waals surface area contributed by atoms with Crippen molar-refractivity contribution in [2.45, 2.75) is 12.8 Å².